The molecule has 1 aliphatic rings. The molecule has 2 N–H and O–H groups in total. The Morgan fingerprint density at radius 3 is 3.31 bits per heavy atom. The first kappa shape index (κ1) is 11.9. The van der Waals surface area contributed by atoms with Crippen molar-refractivity contribution in [3.05, 3.63) is 16.6 Å². The summed E-state index contributed by atoms with van der Waals surface area (Å²) in [6, 6.07) is -0.0199. The smallest absolute Gasteiger partial charge is 0.238 e. The van der Waals surface area contributed by atoms with Crippen molar-refractivity contribution in [1.82, 2.24) is 15.6 Å². The zero-order valence-electron chi connectivity index (χ0n) is 9.10. The number of rotatable bonds is 4. The van der Waals surface area contributed by atoms with Gasteiger partial charge in [-0.05, 0) is 0 Å². The number of carbonyl (C=O) groups excluding carboxylic acids is 1. The van der Waals surface area contributed by atoms with Gasteiger partial charge in [-0.15, -0.1) is 23.1 Å². The van der Waals surface area contributed by atoms with Crippen molar-refractivity contribution in [2.45, 2.75) is 18.9 Å². The second-order valence-electron chi connectivity index (χ2n) is 3.79. The van der Waals surface area contributed by atoms with Gasteiger partial charge < -0.3 is 5.32 Å². The number of thioether (sulfide) groups is 1. The van der Waals surface area contributed by atoms with Gasteiger partial charge in [0.05, 0.1) is 11.0 Å². The number of amides is 1. The Morgan fingerprint density at radius 1 is 1.81 bits per heavy atom. The van der Waals surface area contributed by atoms with Crippen LogP contribution < -0.4 is 10.6 Å². The molecule has 1 fully saturated rings. The molecule has 1 amide bonds. The maximum absolute atomic E-state index is 11.7. The molecule has 0 aromatic carbocycles. The second kappa shape index (κ2) is 5.65. The Hall–Kier alpha value is -0.590. The number of nitrogens with one attached hydrogen (secondary N) is 2. The predicted molar refractivity (Wildman–Crippen MR) is 67.8 cm³/mol. The third-order valence-electron chi connectivity index (χ3n) is 2.49. The van der Waals surface area contributed by atoms with Gasteiger partial charge in [-0.1, -0.05) is 6.92 Å². The van der Waals surface area contributed by atoms with Gasteiger partial charge in [-0.25, -0.2) is 4.98 Å². The molecule has 4 nitrogen and oxygen atoms in total. The highest BCUT2D eigenvalue weighted by Crippen LogP contribution is 2.16. The van der Waals surface area contributed by atoms with Gasteiger partial charge in [0.2, 0.25) is 5.91 Å². The van der Waals surface area contributed by atoms with Crippen molar-refractivity contribution < 1.29 is 4.79 Å². The molecule has 0 saturated carbocycles. The summed E-state index contributed by atoms with van der Waals surface area (Å²) in [5.41, 5.74) is 0. The first-order valence-electron chi connectivity index (χ1n) is 5.25. The number of aromatic nitrogens is 1. The van der Waals surface area contributed by atoms with Crippen LogP contribution in [-0.2, 0) is 4.79 Å². The fraction of sp³-hybridized carbons (Fsp3) is 0.600. The van der Waals surface area contributed by atoms with Crippen LogP contribution in [0.25, 0.3) is 0 Å². The van der Waals surface area contributed by atoms with Crippen LogP contribution in [-0.4, -0.2) is 35.1 Å². The first-order valence-corrected chi connectivity index (χ1v) is 7.29. The van der Waals surface area contributed by atoms with Gasteiger partial charge in [-0.3, -0.25) is 10.1 Å². The van der Waals surface area contributed by atoms with Gasteiger partial charge in [0.15, 0.2) is 0 Å². The third kappa shape index (κ3) is 2.96. The van der Waals surface area contributed by atoms with E-state index in [4.69, 9.17) is 0 Å². The molecule has 2 heterocycles. The van der Waals surface area contributed by atoms with E-state index >= 15 is 0 Å². The van der Waals surface area contributed by atoms with E-state index in [1.165, 1.54) is 0 Å². The topological polar surface area (TPSA) is 54.0 Å². The van der Waals surface area contributed by atoms with Gasteiger partial charge in [0.1, 0.15) is 0 Å². The molecule has 0 radical (unpaired) electrons. The third-order valence-corrected chi connectivity index (χ3v) is 4.44. The average Bonchev–Trinajstić information content (AvgIpc) is 2.95. The molecule has 1 aromatic heterocycles. The number of thiazole rings is 1. The Labute approximate surface area is 103 Å². The molecule has 0 bridgehead atoms. The van der Waals surface area contributed by atoms with Crippen LogP contribution in [0.2, 0.25) is 0 Å². The van der Waals surface area contributed by atoms with Crippen molar-refractivity contribution in [3.8, 4) is 0 Å². The molecule has 1 aliphatic heterocycles. The van der Waals surface area contributed by atoms with Crippen LogP contribution in [0.1, 0.15) is 17.8 Å². The van der Waals surface area contributed by atoms with Crippen molar-refractivity contribution >= 4 is 29.0 Å². The van der Waals surface area contributed by atoms with E-state index in [1.807, 2.05) is 5.38 Å². The van der Waals surface area contributed by atoms with E-state index in [9.17, 15) is 4.79 Å². The molecule has 2 rings (SSSR count). The monoisotopic (exact) mass is 257 g/mol. The Morgan fingerprint density at radius 2 is 2.69 bits per heavy atom. The maximum atomic E-state index is 11.7. The molecular weight excluding hydrogens is 242 g/mol. The Bertz CT molecular complexity index is 336. The molecule has 16 heavy (non-hydrogen) atoms. The first-order chi connectivity index (χ1) is 7.77. The van der Waals surface area contributed by atoms with Crippen molar-refractivity contribution in [2.24, 2.45) is 0 Å². The van der Waals surface area contributed by atoms with Gasteiger partial charge in [-0.2, -0.15) is 0 Å². The zero-order valence-corrected chi connectivity index (χ0v) is 10.7. The molecule has 88 valence electrons. The summed E-state index contributed by atoms with van der Waals surface area (Å²) in [7, 11) is 0. The highest BCUT2D eigenvalue weighted by molar-refractivity contribution is 7.99. The van der Waals surface area contributed by atoms with Crippen LogP contribution in [0.3, 0.4) is 0 Å². The molecule has 1 aromatic rings. The standard InChI is InChI=1S/C10H15N3OS2/c1-7(10-11-2-3-16-10)4-12-9(14)8-5-15-6-13-8/h2-3,7-8,13H,4-6H2,1H3,(H,12,14). The van der Waals surface area contributed by atoms with Crippen LogP contribution in [0.4, 0.5) is 0 Å². The molecule has 2 unspecified atom stereocenters. The summed E-state index contributed by atoms with van der Waals surface area (Å²) in [5, 5.41) is 9.16. The number of hydrogen-bond acceptors (Lipinski definition) is 5. The predicted octanol–water partition coefficient (Wildman–Crippen LogP) is 1.03. The summed E-state index contributed by atoms with van der Waals surface area (Å²) in [6.07, 6.45) is 1.80. The van der Waals surface area contributed by atoms with E-state index in [0.29, 0.717) is 6.54 Å². The lowest BCUT2D eigenvalue weighted by Gasteiger charge is -2.13. The molecule has 0 aliphatic carbocycles. The Balaban J connectivity index is 1.76. The van der Waals surface area contributed by atoms with Crippen molar-refractivity contribution in [1.29, 1.82) is 0 Å². The highest BCUT2D eigenvalue weighted by atomic mass is 32.2. The summed E-state index contributed by atoms with van der Waals surface area (Å²) in [4.78, 5) is 16.0. The Kier molecular flexibility index (Phi) is 4.20. The molecule has 6 heteroatoms. The fourth-order valence-electron chi connectivity index (χ4n) is 1.51. The lowest BCUT2D eigenvalue weighted by atomic mass is 10.2. The van der Waals surface area contributed by atoms with Crippen LogP contribution in [0, 0.1) is 0 Å². The number of nitrogens with zero attached hydrogens (tertiary/aromatic N) is 1. The van der Waals surface area contributed by atoms with E-state index in [1.54, 1.807) is 29.3 Å². The SMILES string of the molecule is CC(CNC(=O)C1CSCN1)c1nccs1. The largest absolute Gasteiger partial charge is 0.354 e. The van der Waals surface area contributed by atoms with Crippen LogP contribution in [0.15, 0.2) is 11.6 Å². The minimum atomic E-state index is -0.0199. The lowest BCUT2D eigenvalue weighted by molar-refractivity contribution is -0.122. The van der Waals surface area contributed by atoms with E-state index in [0.717, 1.165) is 16.6 Å². The minimum Gasteiger partial charge on any atom is -0.354 e. The normalized spacial score (nSPS) is 21.9. The number of hydrogen-bond donors (Lipinski definition) is 2. The van der Waals surface area contributed by atoms with Gasteiger partial charge in [0.25, 0.3) is 0 Å². The quantitative estimate of drug-likeness (QED) is 0.846. The maximum Gasteiger partial charge on any atom is 0.238 e. The molecule has 2 atom stereocenters. The summed E-state index contributed by atoms with van der Waals surface area (Å²) in [6.45, 7) is 2.74. The molecular formula is C10H15N3OS2. The van der Waals surface area contributed by atoms with Crippen LogP contribution in [0.5, 0.6) is 0 Å². The second-order valence-corrected chi connectivity index (χ2v) is 5.74. The molecule has 1 saturated heterocycles. The van der Waals surface area contributed by atoms with Gasteiger partial charge >= 0.3 is 0 Å². The fourth-order valence-corrected chi connectivity index (χ4v) is 3.15. The van der Waals surface area contributed by atoms with E-state index in [-0.39, 0.29) is 17.9 Å². The van der Waals surface area contributed by atoms with Gasteiger partial charge in [0, 0.05) is 35.7 Å². The van der Waals surface area contributed by atoms with E-state index < -0.39 is 0 Å². The highest BCUT2D eigenvalue weighted by Gasteiger charge is 2.22. The summed E-state index contributed by atoms with van der Waals surface area (Å²) in [5.74, 6) is 2.14. The van der Waals surface area contributed by atoms with Crippen LogP contribution >= 0.6 is 23.1 Å². The average molecular weight is 257 g/mol. The minimum absolute atomic E-state index is 0.0199. The van der Waals surface area contributed by atoms with E-state index in [2.05, 4.69) is 22.5 Å². The summed E-state index contributed by atoms with van der Waals surface area (Å²) >= 11 is 3.39. The molecule has 0 spiro atoms. The zero-order chi connectivity index (χ0) is 11.4. The number of carbonyl (C=O) groups is 1. The lowest BCUT2D eigenvalue weighted by Crippen LogP contribution is -2.43. The van der Waals surface area contributed by atoms with Crippen molar-refractivity contribution in [2.75, 3.05) is 18.2 Å². The van der Waals surface area contributed by atoms with Crippen molar-refractivity contribution in [3.63, 3.8) is 0 Å². The summed E-state index contributed by atoms with van der Waals surface area (Å²) < 4.78 is 0.